The Hall–Kier alpha value is -2.34. The number of ether oxygens (including phenoxy) is 1. The summed E-state index contributed by atoms with van der Waals surface area (Å²) < 4.78 is 5.36. The molecular weight excluding hydrogens is 268 g/mol. The first-order chi connectivity index (χ1) is 10.1. The smallest absolute Gasteiger partial charge is 0.262 e. The van der Waals surface area contributed by atoms with Crippen LogP contribution in [0.5, 0.6) is 5.75 Å². The summed E-state index contributed by atoms with van der Waals surface area (Å²) in [6.45, 7) is 4.91. The van der Waals surface area contributed by atoms with Gasteiger partial charge in [0.25, 0.3) is 5.91 Å². The highest BCUT2D eigenvalue weighted by atomic mass is 16.5. The summed E-state index contributed by atoms with van der Waals surface area (Å²) in [4.78, 5) is 11.4. The molecule has 0 spiro atoms. The van der Waals surface area contributed by atoms with Gasteiger partial charge < -0.3 is 15.4 Å². The molecule has 110 valence electrons. The number of carbonyl (C=O) groups excluding carboxylic acids is 1. The second-order valence-corrected chi connectivity index (χ2v) is 5.22. The molecule has 0 fully saturated rings. The van der Waals surface area contributed by atoms with Crippen LogP contribution in [-0.2, 0) is 11.3 Å². The number of carbonyl (C=O) groups is 1. The van der Waals surface area contributed by atoms with E-state index in [1.165, 1.54) is 0 Å². The molecule has 2 heterocycles. The number of amides is 1. The number of aryl methyl sites for hydroxylation is 1. The number of nitrogens with zero attached hydrogens (tertiary/aromatic N) is 1. The zero-order chi connectivity index (χ0) is 14.8. The Labute approximate surface area is 122 Å². The molecule has 0 saturated heterocycles. The quantitative estimate of drug-likeness (QED) is 0.802. The van der Waals surface area contributed by atoms with Crippen molar-refractivity contribution < 1.29 is 9.53 Å². The van der Waals surface area contributed by atoms with Gasteiger partial charge in [0.15, 0.2) is 6.61 Å². The lowest BCUT2D eigenvalue weighted by Gasteiger charge is -2.21. The Morgan fingerprint density at radius 1 is 1.48 bits per heavy atom. The summed E-state index contributed by atoms with van der Waals surface area (Å²) in [6, 6.07) is 6.01. The summed E-state index contributed by atoms with van der Waals surface area (Å²) in [7, 11) is 0. The number of aromatic amines is 1. The van der Waals surface area contributed by atoms with E-state index in [4.69, 9.17) is 4.74 Å². The van der Waals surface area contributed by atoms with Gasteiger partial charge in [-0.05, 0) is 31.5 Å². The van der Waals surface area contributed by atoms with Crippen molar-refractivity contribution >= 4 is 11.6 Å². The summed E-state index contributed by atoms with van der Waals surface area (Å²) in [5, 5.41) is 13.2. The second-order valence-electron chi connectivity index (χ2n) is 5.22. The van der Waals surface area contributed by atoms with Crippen LogP contribution in [0.25, 0.3) is 0 Å². The number of benzene rings is 1. The zero-order valence-corrected chi connectivity index (χ0v) is 12.1. The third kappa shape index (κ3) is 2.90. The predicted octanol–water partition coefficient (Wildman–Crippen LogP) is 1.90. The first-order valence-electron chi connectivity index (χ1n) is 6.92. The molecule has 0 saturated carbocycles. The monoisotopic (exact) mass is 286 g/mol. The molecule has 1 unspecified atom stereocenters. The van der Waals surface area contributed by atoms with Crippen LogP contribution in [0.4, 0.5) is 5.69 Å². The molecule has 2 aromatic rings. The minimum Gasteiger partial charge on any atom is -0.482 e. The van der Waals surface area contributed by atoms with Crippen molar-refractivity contribution in [1.82, 2.24) is 15.5 Å². The number of aromatic nitrogens is 2. The molecule has 1 aromatic carbocycles. The van der Waals surface area contributed by atoms with Gasteiger partial charge in [0.05, 0.1) is 11.9 Å². The Morgan fingerprint density at radius 2 is 2.33 bits per heavy atom. The molecule has 6 nitrogen and oxygen atoms in total. The van der Waals surface area contributed by atoms with Gasteiger partial charge in [-0.15, -0.1) is 0 Å². The molecule has 3 N–H and O–H groups in total. The van der Waals surface area contributed by atoms with Crippen LogP contribution in [0.1, 0.15) is 29.8 Å². The lowest BCUT2D eigenvalue weighted by atomic mass is 10.1. The molecule has 1 aromatic heterocycles. The fraction of sp³-hybridized carbons (Fsp3) is 0.333. The number of hydrogen-bond acceptors (Lipinski definition) is 4. The molecule has 3 rings (SSSR count). The van der Waals surface area contributed by atoms with Gasteiger partial charge in [0.2, 0.25) is 0 Å². The second kappa shape index (κ2) is 5.57. The average Bonchev–Trinajstić information content (AvgIpc) is 2.89. The van der Waals surface area contributed by atoms with Crippen LogP contribution in [0, 0.1) is 6.92 Å². The third-order valence-electron chi connectivity index (χ3n) is 3.67. The van der Waals surface area contributed by atoms with Gasteiger partial charge in [-0.1, -0.05) is 6.07 Å². The van der Waals surface area contributed by atoms with E-state index in [9.17, 15) is 4.79 Å². The minimum atomic E-state index is -0.116. The Bertz CT molecular complexity index is 665. The van der Waals surface area contributed by atoms with Crippen LogP contribution in [0.15, 0.2) is 24.4 Å². The van der Waals surface area contributed by atoms with Crippen LogP contribution < -0.4 is 15.4 Å². The maximum atomic E-state index is 11.4. The SMILES string of the molecule is Cc1[nH]ncc1CNC(C)c1ccc2c(c1)NC(=O)CO2. The highest BCUT2D eigenvalue weighted by molar-refractivity contribution is 5.95. The summed E-state index contributed by atoms with van der Waals surface area (Å²) in [5.41, 5.74) is 4.05. The van der Waals surface area contributed by atoms with Crippen LogP contribution in [0.2, 0.25) is 0 Å². The van der Waals surface area contributed by atoms with Crippen LogP contribution in [-0.4, -0.2) is 22.7 Å². The topological polar surface area (TPSA) is 79.0 Å². The van der Waals surface area contributed by atoms with Gasteiger partial charge in [0, 0.05) is 23.8 Å². The number of hydrogen-bond donors (Lipinski definition) is 3. The first-order valence-corrected chi connectivity index (χ1v) is 6.92. The lowest BCUT2D eigenvalue weighted by molar-refractivity contribution is -0.118. The fourth-order valence-corrected chi connectivity index (χ4v) is 2.30. The zero-order valence-electron chi connectivity index (χ0n) is 12.1. The van der Waals surface area contributed by atoms with Gasteiger partial charge in [0.1, 0.15) is 5.75 Å². The summed E-state index contributed by atoms with van der Waals surface area (Å²) in [6.07, 6.45) is 1.83. The van der Waals surface area contributed by atoms with Crippen molar-refractivity contribution in [3.8, 4) is 5.75 Å². The highest BCUT2D eigenvalue weighted by Crippen LogP contribution is 2.30. The van der Waals surface area contributed by atoms with Crippen molar-refractivity contribution in [2.24, 2.45) is 0 Å². The van der Waals surface area contributed by atoms with E-state index >= 15 is 0 Å². The summed E-state index contributed by atoms with van der Waals surface area (Å²) in [5.74, 6) is 0.602. The standard InChI is InChI=1S/C15H18N4O2/c1-9(16-6-12-7-17-19-10(12)2)11-3-4-14-13(5-11)18-15(20)8-21-14/h3-5,7,9,16H,6,8H2,1-2H3,(H,17,19)(H,18,20). The van der Waals surface area contributed by atoms with Crippen molar-refractivity contribution in [2.75, 3.05) is 11.9 Å². The Morgan fingerprint density at radius 3 is 3.10 bits per heavy atom. The lowest BCUT2D eigenvalue weighted by Crippen LogP contribution is -2.26. The normalized spacial score (nSPS) is 15.0. The number of H-pyrrole nitrogens is 1. The van der Waals surface area contributed by atoms with E-state index in [1.807, 2.05) is 31.3 Å². The van der Waals surface area contributed by atoms with Crippen LogP contribution in [0.3, 0.4) is 0 Å². The fourth-order valence-electron chi connectivity index (χ4n) is 2.30. The maximum absolute atomic E-state index is 11.4. The van der Waals surface area contributed by atoms with Gasteiger partial charge >= 0.3 is 0 Å². The number of anilines is 1. The summed E-state index contributed by atoms with van der Waals surface area (Å²) >= 11 is 0. The third-order valence-corrected chi connectivity index (χ3v) is 3.67. The average molecular weight is 286 g/mol. The van der Waals surface area contributed by atoms with Crippen molar-refractivity contribution in [3.05, 3.63) is 41.2 Å². The molecule has 1 aliphatic heterocycles. The predicted molar refractivity (Wildman–Crippen MR) is 79.1 cm³/mol. The van der Waals surface area contributed by atoms with Crippen molar-refractivity contribution in [3.63, 3.8) is 0 Å². The van der Waals surface area contributed by atoms with Gasteiger partial charge in [-0.2, -0.15) is 5.10 Å². The molecule has 1 atom stereocenters. The van der Waals surface area contributed by atoms with E-state index in [1.54, 1.807) is 0 Å². The molecule has 0 radical (unpaired) electrons. The molecule has 0 aliphatic carbocycles. The van der Waals surface area contributed by atoms with E-state index < -0.39 is 0 Å². The van der Waals surface area contributed by atoms with Gasteiger partial charge in [-0.3, -0.25) is 9.89 Å². The van der Waals surface area contributed by atoms with Crippen LogP contribution >= 0.6 is 0 Å². The number of nitrogens with one attached hydrogen (secondary N) is 3. The number of fused-ring (bicyclic) bond motifs is 1. The van der Waals surface area contributed by atoms with E-state index in [-0.39, 0.29) is 18.6 Å². The maximum Gasteiger partial charge on any atom is 0.262 e. The Kier molecular flexibility index (Phi) is 3.62. The largest absolute Gasteiger partial charge is 0.482 e. The van der Waals surface area contributed by atoms with Gasteiger partial charge in [-0.25, -0.2) is 0 Å². The van der Waals surface area contributed by atoms with Crippen molar-refractivity contribution in [2.45, 2.75) is 26.4 Å². The molecule has 6 heteroatoms. The molecule has 0 bridgehead atoms. The molecule has 1 aliphatic rings. The first kappa shape index (κ1) is 13.6. The molecular formula is C15H18N4O2. The Balaban J connectivity index is 1.70. The number of rotatable bonds is 4. The minimum absolute atomic E-state index is 0.0833. The van der Waals surface area contributed by atoms with E-state index in [0.29, 0.717) is 0 Å². The highest BCUT2D eigenvalue weighted by Gasteiger charge is 2.17. The molecule has 1 amide bonds. The molecule has 21 heavy (non-hydrogen) atoms. The van der Waals surface area contributed by atoms with E-state index in [2.05, 4.69) is 27.8 Å². The van der Waals surface area contributed by atoms with Crippen molar-refractivity contribution in [1.29, 1.82) is 0 Å². The van der Waals surface area contributed by atoms with E-state index in [0.717, 1.165) is 34.8 Å².